The molecule has 3 aliphatic rings. The predicted molar refractivity (Wildman–Crippen MR) is 239 cm³/mol. The highest BCUT2D eigenvalue weighted by molar-refractivity contribution is 9.00. The van der Waals surface area contributed by atoms with Crippen LogP contribution in [0.25, 0.3) is 0 Å². The number of rotatable bonds is 8. The van der Waals surface area contributed by atoms with Gasteiger partial charge in [-0.05, 0) is 59.7 Å². The van der Waals surface area contributed by atoms with Crippen molar-refractivity contribution in [1.82, 2.24) is 0 Å². The lowest BCUT2D eigenvalue weighted by Crippen LogP contribution is -1.88. The summed E-state index contributed by atoms with van der Waals surface area (Å²) in [5, 5.41) is 39.6. The quantitative estimate of drug-likeness (QED) is 0.0843. The number of halogens is 1. The number of hydrogen-bond donors (Lipinski definition) is 3. The highest BCUT2D eigenvalue weighted by Gasteiger charge is 2.27. The van der Waals surface area contributed by atoms with E-state index in [9.17, 15) is 30.3 Å². The van der Waals surface area contributed by atoms with Gasteiger partial charge in [-0.25, -0.2) is 0 Å². The first-order valence-electron chi connectivity index (χ1n) is 14.0. The van der Waals surface area contributed by atoms with Gasteiger partial charge in [-0.3, -0.25) is 30.3 Å². The lowest BCUT2D eigenvalue weighted by atomic mass is 10.3. The summed E-state index contributed by atoms with van der Waals surface area (Å²) in [7, 11) is 0. The van der Waals surface area contributed by atoms with Gasteiger partial charge in [-0.15, -0.1) is 22.8 Å². The maximum Gasteiger partial charge on any atom is 0.269 e. The molecule has 0 bridgehead atoms. The van der Waals surface area contributed by atoms with E-state index in [1.807, 2.05) is 45.5 Å². The SMILES string of the molecule is ClP1SCCS1.O=[N+]([O-])c1ccc(O)cc1.O=[N+]([O-])c1ccc(OP2(=S)SCCS2)cc1.O=[N+]([O-])c1ccc(OP2SCCS2)cc1.SCCS. The third-order valence-electron chi connectivity index (χ3n) is 5.18. The molecule has 0 aliphatic carbocycles. The molecular weight excluding hydrogens is 915 g/mol. The van der Waals surface area contributed by atoms with Crippen molar-refractivity contribution in [2.45, 2.75) is 0 Å². The standard InChI is InChI=1S/C8H8NO3PS3.C8H8NO3PS2.C6H5NO3.C2H4ClPS2.C2H6S2/c10-9(11)7-1-3-8(4-2-7)12-13(14)15-5-6-16-13;10-9(11)7-1-3-8(4-2-7)12-13-14-5-6-15-13;8-6-3-1-5(2-4-6)7(9)10;3-4-5-1-2-6-4;3-1-2-4/h1-4H,5-6H2;1-4H,5-6H2;1-4,8H;1-2H2;3-4H,1-2H2. The summed E-state index contributed by atoms with van der Waals surface area (Å²) in [6.45, 7) is -0.483. The Hall–Kier alpha value is -0.140. The zero-order valence-corrected chi connectivity index (χ0v) is 37.1. The number of hydrogen-bond acceptors (Lipinski definition) is 18. The number of non-ortho nitro benzene ring substituents is 3. The van der Waals surface area contributed by atoms with E-state index >= 15 is 0 Å². The molecule has 51 heavy (non-hydrogen) atoms. The van der Waals surface area contributed by atoms with E-state index in [4.69, 9.17) is 37.2 Å². The summed E-state index contributed by atoms with van der Waals surface area (Å²) in [5.41, 5.74) is -0.0109. The van der Waals surface area contributed by atoms with Gasteiger partial charge in [0, 0.05) is 70.9 Å². The summed E-state index contributed by atoms with van der Waals surface area (Å²) in [4.78, 5) is 29.6. The van der Waals surface area contributed by atoms with Crippen LogP contribution in [0.4, 0.5) is 17.1 Å². The minimum absolute atomic E-state index is 0.0159. The summed E-state index contributed by atoms with van der Waals surface area (Å²) in [6, 6.07) is 17.4. The predicted octanol–water partition coefficient (Wildman–Crippen LogP) is 12.4. The Kier molecular flexibility index (Phi) is 24.5. The second-order valence-electron chi connectivity index (χ2n) is 8.79. The largest absolute Gasteiger partial charge is 0.508 e. The maximum atomic E-state index is 10.5. The average molecular weight is 947 g/mol. The van der Waals surface area contributed by atoms with Gasteiger partial charge in [0.05, 0.1) is 14.8 Å². The van der Waals surface area contributed by atoms with Crippen LogP contribution in [-0.4, -0.2) is 65.9 Å². The van der Waals surface area contributed by atoms with E-state index in [0.29, 0.717) is 11.5 Å². The van der Waals surface area contributed by atoms with Crippen LogP contribution in [0, 0.1) is 30.3 Å². The molecule has 0 aromatic heterocycles. The first-order valence-corrected chi connectivity index (χ1v) is 31.1. The van der Waals surface area contributed by atoms with Crippen LogP contribution in [0.15, 0.2) is 72.8 Å². The molecule has 0 unspecified atom stereocenters. The fraction of sp³-hybridized carbons (Fsp3) is 0.308. The van der Waals surface area contributed by atoms with Gasteiger partial charge in [-0.1, -0.05) is 56.8 Å². The normalized spacial score (nSPS) is 16.0. The van der Waals surface area contributed by atoms with E-state index in [0.717, 1.165) is 34.5 Å². The Morgan fingerprint density at radius 3 is 1.41 bits per heavy atom. The van der Waals surface area contributed by atoms with Crippen molar-refractivity contribution in [1.29, 1.82) is 0 Å². The number of aromatic hydroxyl groups is 1. The second kappa shape index (κ2) is 26.6. The van der Waals surface area contributed by atoms with Crippen LogP contribution in [0.2, 0.25) is 0 Å². The van der Waals surface area contributed by atoms with Crippen molar-refractivity contribution < 1.29 is 28.9 Å². The molecule has 0 saturated carbocycles. The van der Waals surface area contributed by atoms with Crippen LogP contribution >= 0.6 is 122 Å². The third kappa shape index (κ3) is 20.4. The van der Waals surface area contributed by atoms with Gasteiger partial charge in [0.1, 0.15) is 22.9 Å². The zero-order valence-electron chi connectivity index (χ0n) is 26.1. The Bertz CT molecular complexity index is 1540. The van der Waals surface area contributed by atoms with E-state index in [1.165, 1.54) is 60.0 Å². The summed E-state index contributed by atoms with van der Waals surface area (Å²) in [6.07, 6.45) is 0. The lowest BCUT2D eigenvalue weighted by molar-refractivity contribution is -0.385. The van der Waals surface area contributed by atoms with Gasteiger partial charge in [-0.2, -0.15) is 25.3 Å². The van der Waals surface area contributed by atoms with Gasteiger partial charge >= 0.3 is 0 Å². The summed E-state index contributed by atoms with van der Waals surface area (Å²) in [5.74, 6) is 9.96. The molecule has 3 aromatic carbocycles. The molecule has 25 heteroatoms. The van der Waals surface area contributed by atoms with Gasteiger partial charge in [0.25, 0.3) is 17.1 Å². The fourth-order valence-electron chi connectivity index (χ4n) is 3.00. The van der Waals surface area contributed by atoms with Gasteiger partial charge < -0.3 is 14.2 Å². The number of thiol groups is 2. The van der Waals surface area contributed by atoms with Crippen LogP contribution in [-0.2, 0) is 11.8 Å². The highest BCUT2D eigenvalue weighted by Crippen LogP contribution is 2.73. The summed E-state index contributed by atoms with van der Waals surface area (Å²) < 4.78 is 9.57. The van der Waals surface area contributed by atoms with E-state index in [-0.39, 0.29) is 28.5 Å². The minimum atomic E-state index is -1.83. The first kappa shape index (κ1) is 47.0. The summed E-state index contributed by atoms with van der Waals surface area (Å²) >= 11 is 29.6. The molecule has 6 rings (SSSR count). The molecule has 3 saturated heterocycles. The van der Waals surface area contributed by atoms with Crippen LogP contribution in [0.5, 0.6) is 17.2 Å². The van der Waals surface area contributed by atoms with Crippen molar-refractivity contribution in [3.05, 3.63) is 103 Å². The number of phenols is 1. The van der Waals surface area contributed by atoms with E-state index < -0.39 is 26.0 Å². The molecule has 280 valence electrons. The number of phenolic OH excluding ortho intramolecular Hbond substituents is 1. The molecule has 0 amide bonds. The fourth-order valence-corrected chi connectivity index (χ4v) is 25.3. The Labute approximate surface area is 342 Å². The number of benzene rings is 3. The molecular formula is C26H31ClN3O9P3S9. The lowest BCUT2D eigenvalue weighted by Gasteiger charge is -2.14. The minimum Gasteiger partial charge on any atom is -0.508 e. The number of nitro groups is 3. The zero-order chi connectivity index (χ0) is 37.6. The molecule has 12 nitrogen and oxygen atoms in total. The van der Waals surface area contributed by atoms with Crippen LogP contribution in [0.1, 0.15) is 0 Å². The molecule has 3 aromatic rings. The van der Waals surface area contributed by atoms with E-state index in [2.05, 4.69) is 25.3 Å². The number of nitrogens with zero attached hydrogens (tertiary/aromatic N) is 3. The maximum absolute atomic E-state index is 10.5. The van der Waals surface area contributed by atoms with Crippen molar-refractivity contribution in [3.63, 3.8) is 0 Å². The molecule has 0 spiro atoms. The first-order chi connectivity index (χ1) is 24.4. The molecule has 3 aliphatic heterocycles. The Morgan fingerprint density at radius 1 is 0.686 bits per heavy atom. The molecule has 3 fully saturated rings. The number of nitro benzene ring substituents is 3. The third-order valence-corrected chi connectivity index (χ3v) is 29.5. The highest BCUT2D eigenvalue weighted by atomic mass is 35.7. The molecule has 3 heterocycles. The van der Waals surface area contributed by atoms with Crippen molar-refractivity contribution in [3.8, 4) is 17.2 Å². The molecule has 1 N–H and O–H groups in total. The van der Waals surface area contributed by atoms with Gasteiger partial charge in [0.15, 0.2) is 0 Å². The molecule has 0 atom stereocenters. The smallest absolute Gasteiger partial charge is 0.269 e. The van der Waals surface area contributed by atoms with E-state index in [1.54, 1.807) is 47.0 Å². The topological polar surface area (TPSA) is 168 Å². The second-order valence-corrected chi connectivity index (χ2v) is 35.0. The Balaban J connectivity index is 0.000000238. The van der Waals surface area contributed by atoms with Crippen molar-refractivity contribution >= 4 is 151 Å². The van der Waals surface area contributed by atoms with Gasteiger partial charge in [0.2, 0.25) is 11.2 Å². The average Bonchev–Trinajstić information content (AvgIpc) is 3.91. The van der Waals surface area contributed by atoms with Crippen molar-refractivity contribution in [2.24, 2.45) is 0 Å². The van der Waals surface area contributed by atoms with Crippen LogP contribution in [0.3, 0.4) is 0 Å². The Morgan fingerprint density at radius 2 is 1.06 bits per heavy atom. The molecule has 0 radical (unpaired) electrons. The van der Waals surface area contributed by atoms with Crippen LogP contribution < -0.4 is 9.05 Å². The van der Waals surface area contributed by atoms with Crippen molar-refractivity contribution in [2.75, 3.05) is 46.0 Å². The monoisotopic (exact) mass is 945 g/mol.